The first-order chi connectivity index (χ1) is 8.99. The van der Waals surface area contributed by atoms with E-state index in [1.807, 2.05) is 4.90 Å². The van der Waals surface area contributed by atoms with Gasteiger partial charge in [0.15, 0.2) is 0 Å². The predicted molar refractivity (Wildman–Crippen MR) is 69.2 cm³/mol. The molecule has 19 heavy (non-hydrogen) atoms. The molecule has 7 nitrogen and oxygen atoms in total. The van der Waals surface area contributed by atoms with Crippen LogP contribution in [0.25, 0.3) is 0 Å². The standard InChI is InChI=1S/C12H22N4O3/c13-10(17)7-16-4-1-9(2-5-16)15-11(18)12(14)3-6-19-8-12/h9H,1-8,14H2,(H2,13,17)(H,15,18). The van der Waals surface area contributed by atoms with Gasteiger partial charge in [0.2, 0.25) is 11.8 Å². The molecule has 2 heterocycles. The number of carbonyl (C=O) groups excluding carboxylic acids is 2. The van der Waals surface area contributed by atoms with Gasteiger partial charge in [-0.2, -0.15) is 0 Å². The Balaban J connectivity index is 1.76. The Hall–Kier alpha value is -1.18. The Morgan fingerprint density at radius 2 is 2.05 bits per heavy atom. The fourth-order valence-corrected chi connectivity index (χ4v) is 2.54. The number of nitrogens with one attached hydrogen (secondary N) is 1. The van der Waals surface area contributed by atoms with Gasteiger partial charge < -0.3 is 21.5 Å². The zero-order chi connectivity index (χ0) is 13.9. The summed E-state index contributed by atoms with van der Waals surface area (Å²) in [6, 6.07) is 0.123. The van der Waals surface area contributed by atoms with Gasteiger partial charge in [-0.25, -0.2) is 0 Å². The highest BCUT2D eigenvalue weighted by Gasteiger charge is 2.39. The van der Waals surface area contributed by atoms with Gasteiger partial charge in [-0.05, 0) is 19.3 Å². The molecule has 0 saturated carbocycles. The van der Waals surface area contributed by atoms with Gasteiger partial charge >= 0.3 is 0 Å². The van der Waals surface area contributed by atoms with E-state index in [0.717, 1.165) is 25.9 Å². The second-order valence-electron chi connectivity index (χ2n) is 5.45. The summed E-state index contributed by atoms with van der Waals surface area (Å²) < 4.78 is 5.19. The van der Waals surface area contributed by atoms with Crippen LogP contribution in [0.2, 0.25) is 0 Å². The molecule has 2 amide bonds. The van der Waals surface area contributed by atoms with Crippen LogP contribution in [-0.4, -0.2) is 61.1 Å². The molecule has 1 atom stereocenters. The van der Waals surface area contributed by atoms with E-state index in [9.17, 15) is 9.59 Å². The van der Waals surface area contributed by atoms with Gasteiger partial charge in [0.25, 0.3) is 0 Å². The highest BCUT2D eigenvalue weighted by molar-refractivity contribution is 5.86. The summed E-state index contributed by atoms with van der Waals surface area (Å²) in [6.07, 6.45) is 2.20. The minimum Gasteiger partial charge on any atom is -0.379 e. The number of likely N-dealkylation sites (tertiary alicyclic amines) is 1. The fraction of sp³-hybridized carbons (Fsp3) is 0.833. The summed E-state index contributed by atoms with van der Waals surface area (Å²) in [5, 5.41) is 2.99. The molecule has 2 rings (SSSR count). The van der Waals surface area contributed by atoms with Crippen molar-refractivity contribution < 1.29 is 14.3 Å². The van der Waals surface area contributed by atoms with Crippen LogP contribution in [0.1, 0.15) is 19.3 Å². The normalized spacial score (nSPS) is 29.3. The molecule has 0 aromatic rings. The average Bonchev–Trinajstić information content (AvgIpc) is 2.79. The van der Waals surface area contributed by atoms with Crippen molar-refractivity contribution >= 4 is 11.8 Å². The van der Waals surface area contributed by atoms with E-state index in [2.05, 4.69) is 5.32 Å². The molecule has 7 heteroatoms. The monoisotopic (exact) mass is 270 g/mol. The zero-order valence-electron chi connectivity index (χ0n) is 11.1. The average molecular weight is 270 g/mol. The van der Waals surface area contributed by atoms with E-state index in [1.165, 1.54) is 0 Å². The molecule has 1 unspecified atom stereocenters. The minimum atomic E-state index is -0.871. The van der Waals surface area contributed by atoms with Gasteiger partial charge in [-0.1, -0.05) is 0 Å². The lowest BCUT2D eigenvalue weighted by Crippen LogP contribution is -2.58. The second-order valence-corrected chi connectivity index (χ2v) is 5.45. The van der Waals surface area contributed by atoms with Gasteiger partial charge in [0.05, 0.1) is 13.2 Å². The molecule has 2 aliphatic rings. The number of hydrogen-bond donors (Lipinski definition) is 3. The quantitative estimate of drug-likeness (QED) is 0.556. The topological polar surface area (TPSA) is 111 Å². The SMILES string of the molecule is NC(=O)CN1CCC(NC(=O)C2(N)CCOC2)CC1. The highest BCUT2D eigenvalue weighted by Crippen LogP contribution is 2.17. The van der Waals surface area contributed by atoms with E-state index in [-0.39, 0.29) is 24.4 Å². The summed E-state index contributed by atoms with van der Waals surface area (Å²) >= 11 is 0. The molecule has 2 saturated heterocycles. The maximum atomic E-state index is 12.1. The summed E-state index contributed by atoms with van der Waals surface area (Å²) in [7, 11) is 0. The van der Waals surface area contributed by atoms with Crippen LogP contribution in [0.4, 0.5) is 0 Å². The van der Waals surface area contributed by atoms with Crippen molar-refractivity contribution in [3.63, 3.8) is 0 Å². The van der Waals surface area contributed by atoms with Gasteiger partial charge in [0, 0.05) is 25.7 Å². The van der Waals surface area contributed by atoms with Crippen LogP contribution >= 0.6 is 0 Å². The maximum Gasteiger partial charge on any atom is 0.242 e. The smallest absolute Gasteiger partial charge is 0.242 e. The highest BCUT2D eigenvalue weighted by atomic mass is 16.5. The van der Waals surface area contributed by atoms with E-state index < -0.39 is 5.54 Å². The summed E-state index contributed by atoms with van der Waals surface area (Å²) in [5.74, 6) is -0.440. The van der Waals surface area contributed by atoms with Crippen molar-refractivity contribution in [3.8, 4) is 0 Å². The number of piperidine rings is 1. The largest absolute Gasteiger partial charge is 0.379 e. The van der Waals surface area contributed by atoms with Crippen molar-refractivity contribution in [1.82, 2.24) is 10.2 Å². The molecule has 0 aliphatic carbocycles. The van der Waals surface area contributed by atoms with Crippen LogP contribution in [0.5, 0.6) is 0 Å². The lowest BCUT2D eigenvalue weighted by Gasteiger charge is -2.33. The van der Waals surface area contributed by atoms with Crippen LogP contribution in [0, 0.1) is 0 Å². The lowest BCUT2D eigenvalue weighted by molar-refractivity contribution is -0.127. The van der Waals surface area contributed by atoms with Crippen LogP contribution in [-0.2, 0) is 14.3 Å². The van der Waals surface area contributed by atoms with E-state index in [0.29, 0.717) is 19.6 Å². The maximum absolute atomic E-state index is 12.1. The Kier molecular flexibility index (Phi) is 4.38. The number of rotatable bonds is 4. The number of carbonyl (C=O) groups is 2. The third-order valence-corrected chi connectivity index (χ3v) is 3.81. The van der Waals surface area contributed by atoms with Crippen molar-refractivity contribution in [1.29, 1.82) is 0 Å². The molecule has 2 fully saturated rings. The third-order valence-electron chi connectivity index (χ3n) is 3.81. The van der Waals surface area contributed by atoms with Gasteiger partial charge in [-0.15, -0.1) is 0 Å². The van der Waals surface area contributed by atoms with Crippen molar-refractivity contribution in [3.05, 3.63) is 0 Å². The third kappa shape index (κ3) is 3.65. The predicted octanol–water partition coefficient (Wildman–Crippen LogP) is -1.83. The molecule has 0 spiro atoms. The molecule has 2 aliphatic heterocycles. The molecule has 0 radical (unpaired) electrons. The summed E-state index contributed by atoms with van der Waals surface area (Å²) in [6.45, 7) is 2.65. The number of amides is 2. The Morgan fingerprint density at radius 1 is 1.37 bits per heavy atom. The number of ether oxygens (including phenoxy) is 1. The van der Waals surface area contributed by atoms with Crippen LogP contribution < -0.4 is 16.8 Å². The van der Waals surface area contributed by atoms with Gasteiger partial charge in [-0.3, -0.25) is 14.5 Å². The first-order valence-corrected chi connectivity index (χ1v) is 6.68. The summed E-state index contributed by atoms with van der Waals surface area (Å²) in [5.41, 5.74) is 10.3. The Bertz CT molecular complexity index is 347. The lowest BCUT2D eigenvalue weighted by atomic mass is 9.97. The molecular formula is C12H22N4O3. The van der Waals surface area contributed by atoms with Crippen LogP contribution in [0.3, 0.4) is 0 Å². The first kappa shape index (κ1) is 14.2. The minimum absolute atomic E-state index is 0.123. The zero-order valence-corrected chi connectivity index (χ0v) is 11.1. The van der Waals surface area contributed by atoms with Crippen LogP contribution in [0.15, 0.2) is 0 Å². The van der Waals surface area contributed by atoms with Crippen molar-refractivity contribution in [2.24, 2.45) is 11.5 Å². The van der Waals surface area contributed by atoms with Gasteiger partial charge in [0.1, 0.15) is 5.54 Å². The fourth-order valence-electron chi connectivity index (χ4n) is 2.54. The van der Waals surface area contributed by atoms with E-state index >= 15 is 0 Å². The number of nitrogens with zero attached hydrogens (tertiary/aromatic N) is 1. The molecule has 0 aromatic carbocycles. The Labute approximate surface area is 112 Å². The molecule has 0 bridgehead atoms. The Morgan fingerprint density at radius 3 is 2.58 bits per heavy atom. The molecule has 0 aromatic heterocycles. The van der Waals surface area contributed by atoms with Crippen molar-refractivity contribution in [2.45, 2.75) is 30.8 Å². The molecule has 108 valence electrons. The number of primary amides is 1. The van der Waals surface area contributed by atoms with Crippen molar-refractivity contribution in [2.75, 3.05) is 32.8 Å². The van der Waals surface area contributed by atoms with E-state index in [4.69, 9.17) is 16.2 Å². The van der Waals surface area contributed by atoms with E-state index in [1.54, 1.807) is 0 Å². The number of nitrogens with two attached hydrogens (primary N) is 2. The second kappa shape index (κ2) is 5.85. The first-order valence-electron chi connectivity index (χ1n) is 6.68. The molecule has 5 N–H and O–H groups in total. The number of hydrogen-bond acceptors (Lipinski definition) is 5. The summed E-state index contributed by atoms with van der Waals surface area (Å²) in [4.78, 5) is 24.9. The molecular weight excluding hydrogens is 248 g/mol.